The molecule has 0 aliphatic heterocycles. The second kappa shape index (κ2) is 5.85. The van der Waals surface area contributed by atoms with Gasteiger partial charge in [-0.1, -0.05) is 19.8 Å². The Kier molecular flexibility index (Phi) is 4.16. The van der Waals surface area contributed by atoms with Crippen molar-refractivity contribution < 1.29 is 14.8 Å². The van der Waals surface area contributed by atoms with E-state index in [-0.39, 0.29) is 23.2 Å². The van der Waals surface area contributed by atoms with Gasteiger partial charge >= 0.3 is 11.7 Å². The number of pyridine rings is 1. The average molecular weight is 279 g/mol. The minimum absolute atomic E-state index is 0.0439. The Labute approximate surface area is 116 Å². The van der Waals surface area contributed by atoms with Gasteiger partial charge in [-0.15, -0.1) is 0 Å². The lowest BCUT2D eigenvalue weighted by Gasteiger charge is -2.17. The van der Waals surface area contributed by atoms with E-state index in [1.54, 1.807) is 0 Å². The molecule has 1 atom stereocenters. The number of rotatable bonds is 7. The summed E-state index contributed by atoms with van der Waals surface area (Å²) in [4.78, 5) is 25.2. The second-order valence-electron chi connectivity index (χ2n) is 5.06. The fourth-order valence-corrected chi connectivity index (χ4v) is 2.10. The number of aromatic nitrogens is 1. The SMILES string of the molecule is CCC(CC1CC1)Nc1nc(C(=O)O)ccc1[N+](=O)[O-]. The van der Waals surface area contributed by atoms with Crippen molar-refractivity contribution in [1.29, 1.82) is 0 Å². The van der Waals surface area contributed by atoms with Gasteiger partial charge in [0.25, 0.3) is 0 Å². The molecule has 1 saturated carbocycles. The molecule has 2 N–H and O–H groups in total. The van der Waals surface area contributed by atoms with Crippen molar-refractivity contribution in [3.05, 3.63) is 27.9 Å². The zero-order valence-corrected chi connectivity index (χ0v) is 11.2. The van der Waals surface area contributed by atoms with Gasteiger partial charge in [0.05, 0.1) is 4.92 Å². The summed E-state index contributed by atoms with van der Waals surface area (Å²) < 4.78 is 0. The van der Waals surface area contributed by atoms with Gasteiger partial charge in [0.2, 0.25) is 5.82 Å². The lowest BCUT2D eigenvalue weighted by atomic mass is 10.1. The number of carboxylic acids is 1. The molecule has 108 valence electrons. The van der Waals surface area contributed by atoms with Gasteiger partial charge in [-0.2, -0.15) is 0 Å². The molecule has 1 aliphatic carbocycles. The predicted molar refractivity (Wildman–Crippen MR) is 72.9 cm³/mol. The highest BCUT2D eigenvalue weighted by atomic mass is 16.6. The quantitative estimate of drug-likeness (QED) is 0.587. The van der Waals surface area contributed by atoms with Crippen molar-refractivity contribution in [3.63, 3.8) is 0 Å². The first-order valence-corrected chi connectivity index (χ1v) is 6.66. The highest BCUT2D eigenvalue weighted by molar-refractivity contribution is 5.86. The molecule has 0 aromatic carbocycles. The Bertz CT molecular complexity index is 528. The third-order valence-corrected chi connectivity index (χ3v) is 3.44. The molecule has 1 aromatic rings. The molecule has 0 spiro atoms. The molecule has 0 saturated heterocycles. The second-order valence-corrected chi connectivity index (χ2v) is 5.06. The Hall–Kier alpha value is -2.18. The van der Waals surface area contributed by atoms with Crippen LogP contribution in [0.15, 0.2) is 12.1 Å². The first kappa shape index (κ1) is 14.2. The van der Waals surface area contributed by atoms with E-state index in [0.29, 0.717) is 5.92 Å². The summed E-state index contributed by atoms with van der Waals surface area (Å²) in [7, 11) is 0. The summed E-state index contributed by atoms with van der Waals surface area (Å²) in [5, 5.41) is 22.9. The first-order valence-electron chi connectivity index (χ1n) is 6.66. The van der Waals surface area contributed by atoms with Crippen LogP contribution in [-0.4, -0.2) is 27.0 Å². The van der Waals surface area contributed by atoms with Crippen molar-refractivity contribution in [3.8, 4) is 0 Å². The molecule has 1 fully saturated rings. The number of aromatic carboxylic acids is 1. The van der Waals surface area contributed by atoms with Crippen LogP contribution in [0.2, 0.25) is 0 Å². The maximum atomic E-state index is 11.0. The maximum absolute atomic E-state index is 11.0. The van der Waals surface area contributed by atoms with E-state index in [1.807, 2.05) is 6.92 Å². The number of nitrogens with zero attached hydrogens (tertiary/aromatic N) is 2. The van der Waals surface area contributed by atoms with E-state index < -0.39 is 10.9 Å². The standard InChI is InChI=1S/C13H17N3O4/c1-2-9(7-8-3-4-8)14-12-11(16(19)20)6-5-10(15-12)13(17)18/h5-6,8-9H,2-4,7H2,1H3,(H,14,15)(H,17,18). The summed E-state index contributed by atoms with van der Waals surface area (Å²) in [6.07, 6.45) is 4.14. The molecular weight excluding hydrogens is 262 g/mol. The van der Waals surface area contributed by atoms with Crippen LogP contribution >= 0.6 is 0 Å². The summed E-state index contributed by atoms with van der Waals surface area (Å²) in [5.74, 6) is -0.477. The van der Waals surface area contributed by atoms with Gasteiger partial charge in [-0.3, -0.25) is 10.1 Å². The number of hydrogen-bond donors (Lipinski definition) is 2. The molecule has 1 aromatic heterocycles. The van der Waals surface area contributed by atoms with E-state index in [9.17, 15) is 14.9 Å². The number of nitro groups is 1. The number of nitrogens with one attached hydrogen (secondary N) is 1. The molecule has 1 aliphatic rings. The zero-order valence-electron chi connectivity index (χ0n) is 11.2. The highest BCUT2D eigenvalue weighted by Gasteiger charge is 2.27. The van der Waals surface area contributed by atoms with Crippen molar-refractivity contribution in [1.82, 2.24) is 4.98 Å². The minimum atomic E-state index is -1.20. The lowest BCUT2D eigenvalue weighted by Crippen LogP contribution is -2.21. The molecule has 2 rings (SSSR count). The average Bonchev–Trinajstić information content (AvgIpc) is 3.21. The van der Waals surface area contributed by atoms with Gasteiger partial charge in [0, 0.05) is 12.1 Å². The van der Waals surface area contributed by atoms with Crippen LogP contribution in [0.5, 0.6) is 0 Å². The molecule has 0 amide bonds. The summed E-state index contributed by atoms with van der Waals surface area (Å²) in [6, 6.07) is 2.41. The molecule has 1 unspecified atom stereocenters. The Balaban J connectivity index is 2.23. The lowest BCUT2D eigenvalue weighted by molar-refractivity contribution is -0.384. The summed E-state index contributed by atoms with van der Waals surface area (Å²) >= 11 is 0. The highest BCUT2D eigenvalue weighted by Crippen LogP contribution is 2.35. The molecule has 0 bridgehead atoms. The van der Waals surface area contributed by atoms with Crippen molar-refractivity contribution in [2.75, 3.05) is 5.32 Å². The minimum Gasteiger partial charge on any atom is -0.477 e. The predicted octanol–water partition coefficient (Wildman–Crippen LogP) is 2.68. The van der Waals surface area contributed by atoms with Crippen molar-refractivity contribution >= 4 is 17.5 Å². The van der Waals surface area contributed by atoms with E-state index in [0.717, 1.165) is 18.9 Å². The van der Waals surface area contributed by atoms with Crippen LogP contribution in [0, 0.1) is 16.0 Å². The third-order valence-electron chi connectivity index (χ3n) is 3.44. The number of hydrogen-bond acceptors (Lipinski definition) is 5. The Morgan fingerprint density at radius 1 is 1.60 bits per heavy atom. The number of carboxylic acid groups (broad SMARTS) is 1. The Morgan fingerprint density at radius 2 is 2.30 bits per heavy atom. The molecular formula is C13H17N3O4. The van der Waals surface area contributed by atoms with E-state index in [4.69, 9.17) is 5.11 Å². The monoisotopic (exact) mass is 279 g/mol. The fraction of sp³-hybridized carbons (Fsp3) is 0.538. The molecule has 20 heavy (non-hydrogen) atoms. The van der Waals surface area contributed by atoms with E-state index in [1.165, 1.54) is 18.9 Å². The molecule has 7 heteroatoms. The smallest absolute Gasteiger partial charge is 0.354 e. The van der Waals surface area contributed by atoms with Crippen LogP contribution < -0.4 is 5.32 Å². The molecule has 0 radical (unpaired) electrons. The van der Waals surface area contributed by atoms with E-state index in [2.05, 4.69) is 10.3 Å². The van der Waals surface area contributed by atoms with Crippen LogP contribution in [0.25, 0.3) is 0 Å². The Morgan fingerprint density at radius 3 is 2.80 bits per heavy atom. The normalized spacial score (nSPS) is 15.7. The van der Waals surface area contributed by atoms with Crippen LogP contribution in [0.1, 0.15) is 43.1 Å². The van der Waals surface area contributed by atoms with Crippen molar-refractivity contribution in [2.24, 2.45) is 5.92 Å². The summed E-state index contributed by atoms with van der Waals surface area (Å²) in [6.45, 7) is 1.99. The van der Waals surface area contributed by atoms with E-state index >= 15 is 0 Å². The van der Waals surface area contributed by atoms with Gasteiger partial charge < -0.3 is 10.4 Å². The third kappa shape index (κ3) is 3.43. The van der Waals surface area contributed by atoms with Crippen LogP contribution in [0.4, 0.5) is 11.5 Å². The number of carbonyl (C=O) groups is 1. The molecule has 1 heterocycles. The molecule has 7 nitrogen and oxygen atoms in total. The van der Waals surface area contributed by atoms with Crippen LogP contribution in [-0.2, 0) is 0 Å². The largest absolute Gasteiger partial charge is 0.477 e. The number of anilines is 1. The van der Waals surface area contributed by atoms with Crippen LogP contribution in [0.3, 0.4) is 0 Å². The topological polar surface area (TPSA) is 105 Å². The summed E-state index contributed by atoms with van der Waals surface area (Å²) in [5.41, 5.74) is -0.386. The maximum Gasteiger partial charge on any atom is 0.354 e. The van der Waals surface area contributed by atoms with Gasteiger partial charge in [0.1, 0.15) is 0 Å². The van der Waals surface area contributed by atoms with Gasteiger partial charge in [-0.25, -0.2) is 9.78 Å². The van der Waals surface area contributed by atoms with Crippen molar-refractivity contribution in [2.45, 2.75) is 38.6 Å². The first-order chi connectivity index (χ1) is 9.51. The fourth-order valence-electron chi connectivity index (χ4n) is 2.10. The van der Waals surface area contributed by atoms with Gasteiger partial charge in [-0.05, 0) is 24.8 Å². The zero-order chi connectivity index (χ0) is 14.7. The van der Waals surface area contributed by atoms with Gasteiger partial charge in [0.15, 0.2) is 5.69 Å².